The van der Waals surface area contributed by atoms with Crippen LogP contribution in [0.1, 0.15) is 40.1 Å². The fourth-order valence-electron chi connectivity index (χ4n) is 4.72. The maximum Gasteiger partial charge on any atom is 0.245 e. The Kier molecular flexibility index (Phi) is 9.10. The van der Waals surface area contributed by atoms with E-state index in [9.17, 15) is 14.4 Å². The zero-order valence-electron chi connectivity index (χ0n) is 22.3. The van der Waals surface area contributed by atoms with E-state index >= 15 is 0 Å². The molecule has 0 N–H and O–H groups in total. The molecule has 14 heteroatoms. The highest BCUT2D eigenvalue weighted by atomic mass is 127. The highest BCUT2D eigenvalue weighted by Crippen LogP contribution is 2.36. The molecule has 1 fully saturated rings. The summed E-state index contributed by atoms with van der Waals surface area (Å²) in [7, 11) is 3.89. The van der Waals surface area contributed by atoms with Gasteiger partial charge in [-0.15, -0.1) is 0 Å². The van der Waals surface area contributed by atoms with E-state index in [2.05, 4.69) is 86.1 Å². The predicted molar refractivity (Wildman–Crippen MR) is 173 cm³/mol. The van der Waals surface area contributed by atoms with Crippen molar-refractivity contribution in [2.75, 3.05) is 14.1 Å². The summed E-state index contributed by atoms with van der Waals surface area (Å²) in [6.07, 6.45) is 5.53. The first kappa shape index (κ1) is 30.0. The maximum atomic E-state index is 13.8. The predicted octanol–water partition coefficient (Wildman–Crippen LogP) is 4.36. The molecule has 1 aliphatic rings. The first-order chi connectivity index (χ1) is 19.5. The standard InChI is InChI=1S/C27H25BrI2N8O3/c1-14(39)25-16-7-19(15-9-32-23(33-10-15)12-36(2)3)31-11-21(16)37(35-25)13-24(40)38-20(8-17(29)27(38)30)26(41)18-5-4-6-22(28)34-18/h4-7,9-11,17,20,27H,8,12-13H2,1-3H3/t17-,20+,27+/m1/s1. The molecule has 41 heavy (non-hydrogen) atoms. The molecule has 0 aromatic carbocycles. The van der Waals surface area contributed by atoms with Gasteiger partial charge in [0.2, 0.25) is 11.7 Å². The van der Waals surface area contributed by atoms with Gasteiger partial charge in [0, 0.05) is 34.2 Å². The van der Waals surface area contributed by atoms with Gasteiger partial charge in [0.05, 0.1) is 34.0 Å². The van der Waals surface area contributed by atoms with E-state index in [0.717, 1.165) is 0 Å². The Balaban J connectivity index is 1.45. The summed E-state index contributed by atoms with van der Waals surface area (Å²) in [5, 5.41) is 5.08. The minimum atomic E-state index is -0.651. The molecule has 5 rings (SSSR count). The number of carbonyl (C=O) groups is 3. The van der Waals surface area contributed by atoms with Crippen LogP contribution in [0.15, 0.2) is 47.5 Å². The van der Waals surface area contributed by atoms with Gasteiger partial charge < -0.3 is 9.80 Å². The highest BCUT2D eigenvalue weighted by Gasteiger charge is 2.45. The van der Waals surface area contributed by atoms with Gasteiger partial charge >= 0.3 is 0 Å². The van der Waals surface area contributed by atoms with Gasteiger partial charge in [-0.25, -0.2) is 15.0 Å². The molecule has 0 unspecified atom stereocenters. The maximum absolute atomic E-state index is 13.8. The molecule has 0 aliphatic carbocycles. The van der Waals surface area contributed by atoms with Crippen LogP contribution < -0.4 is 0 Å². The number of rotatable bonds is 8. The van der Waals surface area contributed by atoms with E-state index in [1.165, 1.54) is 11.6 Å². The molecule has 0 radical (unpaired) electrons. The van der Waals surface area contributed by atoms with Crippen molar-refractivity contribution in [3.05, 3.63) is 64.7 Å². The minimum absolute atomic E-state index is 0.0796. The largest absolute Gasteiger partial charge is 0.318 e. The Morgan fingerprint density at radius 3 is 2.49 bits per heavy atom. The normalized spacial score (nSPS) is 18.8. The van der Waals surface area contributed by atoms with Gasteiger partial charge in [-0.2, -0.15) is 5.10 Å². The molecular formula is C27H25BrI2N8O3. The van der Waals surface area contributed by atoms with Crippen molar-refractivity contribution >= 4 is 89.5 Å². The molecule has 212 valence electrons. The summed E-state index contributed by atoms with van der Waals surface area (Å²) in [4.78, 5) is 61.1. The quantitative estimate of drug-likeness (QED) is 0.0837. The second-order valence-corrected chi connectivity index (χ2v) is 13.6. The minimum Gasteiger partial charge on any atom is -0.318 e. The molecule has 1 amide bonds. The van der Waals surface area contributed by atoms with Crippen molar-refractivity contribution in [2.45, 2.75) is 40.4 Å². The van der Waals surface area contributed by atoms with Crippen LogP contribution in [0.5, 0.6) is 0 Å². The Morgan fingerprint density at radius 2 is 1.83 bits per heavy atom. The molecule has 1 aliphatic heterocycles. The lowest BCUT2D eigenvalue weighted by Crippen LogP contribution is -2.45. The van der Waals surface area contributed by atoms with Crippen LogP contribution in [0, 0.1) is 0 Å². The number of aromatic nitrogens is 6. The third kappa shape index (κ3) is 6.34. The van der Waals surface area contributed by atoms with Gasteiger partial charge in [0.25, 0.3) is 0 Å². The van der Waals surface area contributed by atoms with Gasteiger partial charge in [0.1, 0.15) is 28.4 Å². The fourth-order valence-corrected chi connectivity index (χ4v) is 6.88. The molecule has 0 bridgehead atoms. The number of ketones is 2. The Bertz CT molecular complexity index is 1650. The number of alkyl halides is 2. The monoisotopic (exact) mass is 842 g/mol. The Hall–Kier alpha value is -2.44. The smallest absolute Gasteiger partial charge is 0.245 e. The van der Waals surface area contributed by atoms with Crippen LogP contribution in [-0.4, -0.2) is 85.1 Å². The molecular weight excluding hydrogens is 818 g/mol. The molecule has 4 aromatic rings. The van der Waals surface area contributed by atoms with Gasteiger partial charge in [-0.3, -0.25) is 24.0 Å². The van der Waals surface area contributed by atoms with Crippen molar-refractivity contribution in [3.8, 4) is 11.3 Å². The van der Waals surface area contributed by atoms with E-state index in [1.54, 1.807) is 47.8 Å². The second-order valence-electron chi connectivity index (χ2n) is 9.93. The zero-order chi connectivity index (χ0) is 29.4. The van der Waals surface area contributed by atoms with Gasteiger partial charge in [-0.05, 0) is 54.6 Å². The van der Waals surface area contributed by atoms with E-state index < -0.39 is 6.04 Å². The summed E-state index contributed by atoms with van der Waals surface area (Å²) in [6.45, 7) is 1.90. The highest BCUT2D eigenvalue weighted by molar-refractivity contribution is 14.1. The van der Waals surface area contributed by atoms with Crippen molar-refractivity contribution < 1.29 is 14.4 Å². The van der Waals surface area contributed by atoms with Crippen molar-refractivity contribution in [1.29, 1.82) is 0 Å². The Labute approximate surface area is 271 Å². The summed E-state index contributed by atoms with van der Waals surface area (Å²) < 4.78 is 1.93. The number of hydrogen-bond donors (Lipinski definition) is 0. The van der Waals surface area contributed by atoms with Crippen LogP contribution in [-0.2, 0) is 17.9 Å². The van der Waals surface area contributed by atoms with Gasteiger partial charge in [-0.1, -0.05) is 51.2 Å². The number of pyridine rings is 2. The van der Waals surface area contributed by atoms with Gasteiger partial charge in [0.15, 0.2) is 5.78 Å². The van der Waals surface area contributed by atoms with E-state index in [0.29, 0.717) is 51.2 Å². The lowest BCUT2D eigenvalue weighted by Gasteiger charge is -2.27. The summed E-state index contributed by atoms with van der Waals surface area (Å²) in [6, 6.07) is 6.27. The molecule has 5 heterocycles. The van der Waals surface area contributed by atoms with Crippen LogP contribution in [0.2, 0.25) is 0 Å². The molecule has 0 saturated carbocycles. The number of nitrogens with zero attached hydrogens (tertiary/aromatic N) is 8. The van der Waals surface area contributed by atoms with Crippen molar-refractivity contribution in [1.82, 2.24) is 39.5 Å². The number of fused-ring (bicyclic) bond motifs is 1. The van der Waals surface area contributed by atoms with E-state index in [-0.39, 0.29) is 37.7 Å². The average Bonchev–Trinajstić information content (AvgIpc) is 3.44. The lowest BCUT2D eigenvalue weighted by atomic mass is 10.1. The molecule has 11 nitrogen and oxygen atoms in total. The molecule has 0 spiro atoms. The topological polar surface area (TPSA) is 127 Å². The first-order valence-electron chi connectivity index (χ1n) is 12.6. The average molecular weight is 843 g/mol. The van der Waals surface area contributed by atoms with Crippen LogP contribution >= 0.6 is 61.1 Å². The fraction of sp³-hybridized carbons (Fsp3) is 0.333. The number of hydrogen-bond acceptors (Lipinski definition) is 9. The lowest BCUT2D eigenvalue weighted by molar-refractivity contribution is -0.132. The first-order valence-corrected chi connectivity index (χ1v) is 15.9. The zero-order valence-corrected chi connectivity index (χ0v) is 28.2. The number of halogens is 3. The third-order valence-electron chi connectivity index (χ3n) is 6.62. The SMILES string of the molecule is CC(=O)c1nn(CC(=O)N2[C@H](I)[C@H](I)C[C@H]2C(=O)c2cccc(Br)n2)c2cnc(-c3cnc(CN(C)C)nc3)cc12. The Morgan fingerprint density at radius 1 is 1.10 bits per heavy atom. The number of Topliss-reactive ketones (excluding diaryl/α,β-unsaturated/α-hetero) is 2. The number of carbonyl (C=O) groups excluding carboxylic acids is 3. The molecule has 4 aromatic heterocycles. The summed E-state index contributed by atoms with van der Waals surface area (Å²) in [5.74, 6) is -0.0250. The molecule has 1 saturated heterocycles. The van der Waals surface area contributed by atoms with Crippen molar-refractivity contribution in [2.24, 2.45) is 0 Å². The summed E-state index contributed by atoms with van der Waals surface area (Å²) in [5.41, 5.74) is 2.38. The number of likely N-dealkylation sites (tertiary alicyclic amines) is 1. The van der Waals surface area contributed by atoms with Crippen molar-refractivity contribution in [3.63, 3.8) is 0 Å². The third-order valence-corrected chi connectivity index (χ3v) is 11.1. The van der Waals surface area contributed by atoms with E-state index in [1.807, 2.05) is 19.0 Å². The molecule has 3 atom stereocenters. The van der Waals surface area contributed by atoms with E-state index in [4.69, 9.17) is 0 Å². The summed E-state index contributed by atoms with van der Waals surface area (Å²) >= 11 is 7.81. The van der Waals surface area contributed by atoms with Crippen LogP contribution in [0.25, 0.3) is 22.2 Å². The van der Waals surface area contributed by atoms with Crippen LogP contribution in [0.3, 0.4) is 0 Å². The second kappa shape index (κ2) is 12.4. The van der Waals surface area contributed by atoms with Crippen LogP contribution in [0.4, 0.5) is 0 Å². The number of amides is 1.